The van der Waals surface area contributed by atoms with Crippen molar-refractivity contribution in [2.24, 2.45) is 0 Å². The van der Waals surface area contributed by atoms with Crippen LogP contribution in [0.5, 0.6) is 5.75 Å². The van der Waals surface area contributed by atoms with Gasteiger partial charge in [-0.05, 0) is 51.5 Å². The molecule has 2 amide bonds. The maximum absolute atomic E-state index is 11.8. The van der Waals surface area contributed by atoms with Crippen LogP contribution in [0.1, 0.15) is 5.56 Å². The monoisotopic (exact) mass is 353 g/mol. The normalized spacial score (nSPS) is 16.9. The van der Waals surface area contributed by atoms with Gasteiger partial charge < -0.3 is 4.74 Å². The number of ether oxygens (including phenoxy) is 1. The van der Waals surface area contributed by atoms with Crippen LogP contribution in [-0.4, -0.2) is 29.7 Å². The Balaban J connectivity index is 2.22. The first-order valence-electron chi connectivity index (χ1n) is 5.77. The van der Waals surface area contributed by atoms with Gasteiger partial charge in [-0.2, -0.15) is 0 Å². The van der Waals surface area contributed by atoms with E-state index in [2.05, 4.69) is 22.5 Å². The molecule has 0 N–H and O–H groups in total. The Morgan fingerprint density at radius 3 is 2.75 bits per heavy atom. The Kier molecular flexibility index (Phi) is 4.67. The van der Waals surface area contributed by atoms with Gasteiger partial charge in [-0.1, -0.05) is 18.7 Å². The fourth-order valence-electron chi connectivity index (χ4n) is 1.57. The lowest BCUT2D eigenvalue weighted by molar-refractivity contribution is -0.121. The average Bonchev–Trinajstić information content (AvgIpc) is 2.65. The van der Waals surface area contributed by atoms with Crippen molar-refractivity contribution >= 4 is 44.9 Å². The molecule has 104 valence electrons. The van der Waals surface area contributed by atoms with Crippen LogP contribution in [0.15, 0.2) is 40.2 Å². The van der Waals surface area contributed by atoms with E-state index in [-0.39, 0.29) is 11.1 Å². The van der Waals surface area contributed by atoms with Gasteiger partial charge >= 0.3 is 0 Å². The topological polar surface area (TPSA) is 46.6 Å². The summed E-state index contributed by atoms with van der Waals surface area (Å²) in [5.41, 5.74) is 0.821. The van der Waals surface area contributed by atoms with Crippen LogP contribution in [0.4, 0.5) is 4.79 Å². The third kappa shape index (κ3) is 3.13. The first kappa shape index (κ1) is 14.9. The molecule has 0 unspecified atom stereocenters. The van der Waals surface area contributed by atoms with E-state index in [0.29, 0.717) is 17.3 Å². The van der Waals surface area contributed by atoms with Gasteiger partial charge in [0.2, 0.25) is 0 Å². The third-order valence-electron chi connectivity index (χ3n) is 2.60. The average molecular weight is 354 g/mol. The minimum atomic E-state index is -0.275. The molecule has 1 aromatic rings. The molecule has 1 saturated heterocycles. The standard InChI is InChI=1S/C14H12BrNO3S/c1-3-6-19-11-5-4-9(7-10(11)15)8-12-13(17)16(2)14(18)20-12/h3-5,7-8H,1,6H2,2H3. The molecule has 0 saturated carbocycles. The number of thioether (sulfide) groups is 1. The summed E-state index contributed by atoms with van der Waals surface area (Å²) in [5.74, 6) is 0.425. The summed E-state index contributed by atoms with van der Waals surface area (Å²) in [7, 11) is 1.47. The van der Waals surface area contributed by atoms with Crippen LogP contribution in [-0.2, 0) is 4.79 Å². The van der Waals surface area contributed by atoms with Gasteiger partial charge in [0.15, 0.2) is 0 Å². The van der Waals surface area contributed by atoms with Crippen molar-refractivity contribution in [3.63, 3.8) is 0 Å². The zero-order valence-electron chi connectivity index (χ0n) is 10.8. The molecule has 4 nitrogen and oxygen atoms in total. The van der Waals surface area contributed by atoms with Crippen LogP contribution < -0.4 is 4.74 Å². The number of amides is 2. The SMILES string of the molecule is C=CCOc1ccc(C=C2SC(=O)N(C)C2=O)cc1Br. The molecule has 1 fully saturated rings. The van der Waals surface area contributed by atoms with Crippen molar-refractivity contribution in [1.82, 2.24) is 4.90 Å². The van der Waals surface area contributed by atoms with Gasteiger partial charge in [0.1, 0.15) is 12.4 Å². The first-order chi connectivity index (χ1) is 9.52. The van der Waals surface area contributed by atoms with Crippen molar-refractivity contribution in [2.45, 2.75) is 0 Å². The summed E-state index contributed by atoms with van der Waals surface area (Å²) < 4.78 is 6.23. The summed E-state index contributed by atoms with van der Waals surface area (Å²) in [6.07, 6.45) is 3.36. The van der Waals surface area contributed by atoms with Crippen molar-refractivity contribution in [2.75, 3.05) is 13.7 Å². The van der Waals surface area contributed by atoms with Crippen molar-refractivity contribution in [1.29, 1.82) is 0 Å². The van der Waals surface area contributed by atoms with E-state index in [1.807, 2.05) is 12.1 Å². The minimum Gasteiger partial charge on any atom is -0.488 e. The summed E-state index contributed by atoms with van der Waals surface area (Å²) in [5, 5.41) is -0.258. The van der Waals surface area contributed by atoms with Crippen LogP contribution in [0.2, 0.25) is 0 Å². The van der Waals surface area contributed by atoms with Gasteiger partial charge in [-0.15, -0.1) is 0 Å². The number of halogens is 1. The second kappa shape index (κ2) is 6.28. The number of hydrogen-bond acceptors (Lipinski definition) is 4. The second-order valence-corrected chi connectivity index (χ2v) is 5.88. The molecule has 20 heavy (non-hydrogen) atoms. The maximum atomic E-state index is 11.8. The number of likely N-dealkylation sites (N-methyl/N-ethyl adjacent to an activating group) is 1. The molecular formula is C14H12BrNO3S. The first-order valence-corrected chi connectivity index (χ1v) is 7.38. The number of rotatable bonds is 4. The fraction of sp³-hybridized carbons (Fsp3) is 0.143. The molecule has 1 heterocycles. The van der Waals surface area contributed by atoms with E-state index >= 15 is 0 Å². The highest BCUT2D eigenvalue weighted by Gasteiger charge is 2.31. The van der Waals surface area contributed by atoms with Crippen molar-refractivity contribution in [3.8, 4) is 5.75 Å². The number of imide groups is 1. The molecular weight excluding hydrogens is 342 g/mol. The Labute approximate surface area is 129 Å². The van der Waals surface area contributed by atoms with E-state index in [4.69, 9.17) is 4.74 Å². The largest absolute Gasteiger partial charge is 0.488 e. The summed E-state index contributed by atoms with van der Waals surface area (Å²) >= 11 is 4.35. The zero-order valence-corrected chi connectivity index (χ0v) is 13.2. The van der Waals surface area contributed by atoms with Crippen LogP contribution >= 0.6 is 27.7 Å². The lowest BCUT2D eigenvalue weighted by Crippen LogP contribution is -2.22. The highest BCUT2D eigenvalue weighted by molar-refractivity contribution is 9.10. The molecule has 0 radical (unpaired) electrons. The van der Waals surface area contributed by atoms with Gasteiger partial charge in [0, 0.05) is 7.05 Å². The highest BCUT2D eigenvalue weighted by Crippen LogP contribution is 2.32. The van der Waals surface area contributed by atoms with Gasteiger partial charge in [-0.25, -0.2) is 0 Å². The number of carbonyl (C=O) groups is 2. The second-order valence-electron chi connectivity index (χ2n) is 4.03. The number of benzene rings is 1. The lowest BCUT2D eigenvalue weighted by Gasteiger charge is -2.06. The molecule has 1 aromatic carbocycles. The Hall–Kier alpha value is -1.53. The quantitative estimate of drug-likeness (QED) is 0.611. The van der Waals surface area contributed by atoms with E-state index in [9.17, 15) is 9.59 Å². The molecule has 2 rings (SSSR count). The third-order valence-corrected chi connectivity index (χ3v) is 4.18. The van der Waals surface area contributed by atoms with Crippen LogP contribution in [0, 0.1) is 0 Å². The van der Waals surface area contributed by atoms with Crippen LogP contribution in [0.3, 0.4) is 0 Å². The van der Waals surface area contributed by atoms with Gasteiger partial charge in [0.05, 0.1) is 9.38 Å². The molecule has 0 atom stereocenters. The fourth-order valence-corrected chi connectivity index (χ4v) is 2.91. The zero-order chi connectivity index (χ0) is 14.7. The van der Waals surface area contributed by atoms with Crippen molar-refractivity contribution < 1.29 is 14.3 Å². The Morgan fingerprint density at radius 2 is 2.20 bits per heavy atom. The van der Waals surface area contributed by atoms with Gasteiger partial charge in [-0.3, -0.25) is 14.5 Å². The molecule has 0 aliphatic carbocycles. The summed E-state index contributed by atoms with van der Waals surface area (Å²) in [6, 6.07) is 5.46. The molecule has 0 bridgehead atoms. The molecule has 1 aliphatic heterocycles. The smallest absolute Gasteiger partial charge is 0.293 e. The number of nitrogens with zero attached hydrogens (tertiary/aromatic N) is 1. The summed E-state index contributed by atoms with van der Waals surface area (Å²) in [6.45, 7) is 4.01. The highest BCUT2D eigenvalue weighted by atomic mass is 79.9. The van der Waals surface area contributed by atoms with Gasteiger partial charge in [0.25, 0.3) is 11.1 Å². The number of hydrogen-bond donors (Lipinski definition) is 0. The van der Waals surface area contributed by atoms with E-state index in [1.165, 1.54) is 7.05 Å². The van der Waals surface area contributed by atoms with Crippen molar-refractivity contribution in [3.05, 3.63) is 45.8 Å². The molecule has 6 heteroatoms. The van der Waals surface area contributed by atoms with E-state index < -0.39 is 0 Å². The molecule has 0 spiro atoms. The molecule has 1 aliphatic rings. The number of carbonyl (C=O) groups excluding carboxylic acids is 2. The van der Waals surface area contributed by atoms with E-state index in [0.717, 1.165) is 26.7 Å². The maximum Gasteiger partial charge on any atom is 0.293 e. The Bertz CT molecular complexity index is 612. The lowest BCUT2D eigenvalue weighted by atomic mass is 10.2. The molecule has 0 aromatic heterocycles. The van der Waals surface area contributed by atoms with E-state index in [1.54, 1.807) is 18.2 Å². The minimum absolute atomic E-state index is 0.258. The van der Waals surface area contributed by atoms with Crippen LogP contribution in [0.25, 0.3) is 6.08 Å². The predicted molar refractivity (Wildman–Crippen MR) is 83.6 cm³/mol. The summed E-state index contributed by atoms with van der Waals surface area (Å²) in [4.78, 5) is 24.7. The predicted octanol–water partition coefficient (Wildman–Crippen LogP) is 3.68. The Morgan fingerprint density at radius 1 is 1.45 bits per heavy atom.